The molecule has 1 heterocycles. The van der Waals surface area contributed by atoms with Gasteiger partial charge in [-0.2, -0.15) is 8.42 Å². The molecule has 0 fully saturated rings. The van der Waals surface area contributed by atoms with Crippen molar-refractivity contribution in [3.05, 3.63) is 118 Å². The first-order chi connectivity index (χ1) is 16.8. The number of non-ortho nitro benzene ring substituents is 1. The zero-order chi connectivity index (χ0) is 24.8. The number of nitrogens with one attached hydrogen (secondary N) is 1. The second-order valence-electron chi connectivity index (χ2n) is 7.55. The molecular weight excluding hydrogens is 472 g/mol. The lowest BCUT2D eigenvalue weighted by Crippen LogP contribution is -2.22. The molecule has 0 atom stereocenters. The van der Waals surface area contributed by atoms with Crippen molar-refractivity contribution >= 4 is 21.7 Å². The van der Waals surface area contributed by atoms with Crippen molar-refractivity contribution in [2.24, 2.45) is 0 Å². The van der Waals surface area contributed by atoms with Crippen LogP contribution in [0.2, 0.25) is 0 Å². The molecule has 11 heteroatoms. The number of nitrogens with zero attached hydrogens (tertiary/aromatic N) is 3. The second kappa shape index (κ2) is 10.2. The Hall–Kier alpha value is -4.51. The summed E-state index contributed by atoms with van der Waals surface area (Å²) in [7, 11) is -4.28. The number of amides is 1. The predicted octanol–water partition coefficient (Wildman–Crippen LogP) is 3.54. The molecule has 0 saturated heterocycles. The third kappa shape index (κ3) is 6.09. The Morgan fingerprint density at radius 2 is 1.77 bits per heavy atom. The van der Waals surface area contributed by atoms with Crippen LogP contribution in [0.4, 0.5) is 5.69 Å². The van der Waals surface area contributed by atoms with Crippen LogP contribution in [0.1, 0.15) is 21.5 Å². The van der Waals surface area contributed by atoms with Crippen molar-refractivity contribution < 1.29 is 22.3 Å². The Morgan fingerprint density at radius 1 is 1.03 bits per heavy atom. The molecule has 0 unspecified atom stereocenters. The summed E-state index contributed by atoms with van der Waals surface area (Å²) in [6.07, 6.45) is 5.32. The van der Waals surface area contributed by atoms with E-state index in [9.17, 15) is 23.3 Å². The standard InChI is InChI=1S/C24H20N4O6S/c29-24(26-15-18-3-1-4-19(13-18)16-27-12-11-25-17-27)20-7-9-22(10-8-20)34-35(32,33)23-6-2-5-21(14-23)28(30)31/h1-14,17H,15-16H2,(H,26,29). The highest BCUT2D eigenvalue weighted by molar-refractivity contribution is 7.87. The summed E-state index contributed by atoms with van der Waals surface area (Å²) in [6, 6.07) is 17.9. The molecule has 0 bridgehead atoms. The first kappa shape index (κ1) is 23.6. The highest BCUT2D eigenvalue weighted by Gasteiger charge is 2.20. The van der Waals surface area contributed by atoms with Crippen molar-refractivity contribution in [3.8, 4) is 5.75 Å². The topological polar surface area (TPSA) is 133 Å². The quantitative estimate of drug-likeness (QED) is 0.215. The van der Waals surface area contributed by atoms with Crippen molar-refractivity contribution in [2.45, 2.75) is 18.0 Å². The molecule has 3 aromatic carbocycles. The maximum atomic E-state index is 12.5. The maximum absolute atomic E-state index is 12.5. The van der Waals surface area contributed by atoms with Crippen molar-refractivity contribution in [3.63, 3.8) is 0 Å². The molecule has 178 valence electrons. The van der Waals surface area contributed by atoms with Gasteiger partial charge >= 0.3 is 10.1 Å². The molecule has 0 aliphatic heterocycles. The summed E-state index contributed by atoms with van der Waals surface area (Å²) in [5.41, 5.74) is 1.95. The lowest BCUT2D eigenvalue weighted by Gasteiger charge is -2.09. The van der Waals surface area contributed by atoms with Gasteiger partial charge in [0, 0.05) is 43.2 Å². The number of hydrogen-bond acceptors (Lipinski definition) is 7. The highest BCUT2D eigenvalue weighted by Crippen LogP contribution is 2.22. The van der Waals surface area contributed by atoms with E-state index in [1.807, 2.05) is 35.0 Å². The molecule has 1 amide bonds. The molecule has 0 aliphatic carbocycles. The number of nitro groups is 1. The van der Waals surface area contributed by atoms with Gasteiger partial charge in [0.05, 0.1) is 11.3 Å². The van der Waals surface area contributed by atoms with E-state index >= 15 is 0 Å². The molecule has 10 nitrogen and oxygen atoms in total. The Kier molecular flexibility index (Phi) is 6.88. The third-order valence-electron chi connectivity index (χ3n) is 5.01. The van der Waals surface area contributed by atoms with Crippen LogP contribution in [0.15, 0.2) is 96.4 Å². The normalized spacial score (nSPS) is 11.1. The van der Waals surface area contributed by atoms with E-state index in [4.69, 9.17) is 4.18 Å². The molecule has 0 radical (unpaired) electrons. The number of carbonyl (C=O) groups is 1. The number of imidazole rings is 1. The van der Waals surface area contributed by atoms with Gasteiger partial charge in [0.25, 0.3) is 11.6 Å². The van der Waals surface area contributed by atoms with Crippen LogP contribution in [0.3, 0.4) is 0 Å². The van der Waals surface area contributed by atoms with Crippen LogP contribution >= 0.6 is 0 Å². The number of aromatic nitrogens is 2. The summed E-state index contributed by atoms with van der Waals surface area (Å²) in [5.74, 6) is -0.363. The highest BCUT2D eigenvalue weighted by atomic mass is 32.2. The van der Waals surface area contributed by atoms with E-state index in [1.54, 1.807) is 12.5 Å². The van der Waals surface area contributed by atoms with E-state index in [-0.39, 0.29) is 22.2 Å². The number of rotatable bonds is 9. The fourth-order valence-electron chi connectivity index (χ4n) is 3.30. The summed E-state index contributed by atoms with van der Waals surface area (Å²) >= 11 is 0. The Balaban J connectivity index is 1.37. The van der Waals surface area contributed by atoms with Crippen LogP contribution in [-0.4, -0.2) is 28.8 Å². The fraction of sp³-hybridized carbons (Fsp3) is 0.0833. The average Bonchev–Trinajstić information content (AvgIpc) is 3.36. The Morgan fingerprint density at radius 3 is 2.49 bits per heavy atom. The molecular formula is C24H20N4O6S. The van der Waals surface area contributed by atoms with Gasteiger partial charge in [0.1, 0.15) is 10.6 Å². The SMILES string of the molecule is O=C(NCc1cccc(Cn2ccnc2)c1)c1ccc(OS(=O)(=O)c2cccc([N+](=O)[O-])c2)cc1. The monoisotopic (exact) mass is 492 g/mol. The zero-order valence-electron chi connectivity index (χ0n) is 18.3. The van der Waals surface area contributed by atoms with Gasteiger partial charge in [-0.3, -0.25) is 14.9 Å². The number of nitro benzene ring substituents is 1. The number of benzene rings is 3. The average molecular weight is 493 g/mol. The van der Waals surface area contributed by atoms with Crippen LogP contribution < -0.4 is 9.50 Å². The molecule has 0 spiro atoms. The van der Waals surface area contributed by atoms with E-state index in [0.29, 0.717) is 18.7 Å². The van der Waals surface area contributed by atoms with E-state index in [2.05, 4.69) is 10.3 Å². The predicted molar refractivity (Wildman–Crippen MR) is 126 cm³/mol. The van der Waals surface area contributed by atoms with Gasteiger partial charge in [0.2, 0.25) is 0 Å². The van der Waals surface area contributed by atoms with Crippen LogP contribution in [-0.2, 0) is 23.2 Å². The maximum Gasteiger partial charge on any atom is 0.339 e. The zero-order valence-corrected chi connectivity index (χ0v) is 19.1. The van der Waals surface area contributed by atoms with Crippen LogP contribution in [0, 0.1) is 10.1 Å². The minimum absolute atomic E-state index is 0.0275. The Labute approximate surface area is 201 Å². The minimum Gasteiger partial charge on any atom is -0.379 e. The summed E-state index contributed by atoms with van der Waals surface area (Å²) < 4.78 is 31.9. The molecule has 1 N–H and O–H groups in total. The molecule has 0 saturated carbocycles. The molecule has 1 aromatic heterocycles. The van der Waals surface area contributed by atoms with Crippen LogP contribution in [0.25, 0.3) is 0 Å². The van der Waals surface area contributed by atoms with Gasteiger partial charge in [0.15, 0.2) is 0 Å². The third-order valence-corrected chi connectivity index (χ3v) is 6.25. The van der Waals surface area contributed by atoms with E-state index in [0.717, 1.165) is 17.2 Å². The second-order valence-corrected chi connectivity index (χ2v) is 9.10. The summed E-state index contributed by atoms with van der Waals surface area (Å²) in [4.78, 5) is 26.4. The van der Waals surface area contributed by atoms with Gasteiger partial charge in [-0.25, -0.2) is 4.98 Å². The minimum atomic E-state index is -4.28. The fourth-order valence-corrected chi connectivity index (χ4v) is 4.27. The molecule has 0 aliphatic rings. The van der Waals surface area contributed by atoms with E-state index < -0.39 is 15.0 Å². The smallest absolute Gasteiger partial charge is 0.339 e. The summed E-state index contributed by atoms with van der Waals surface area (Å²) in [6.45, 7) is 0.985. The van der Waals surface area contributed by atoms with Crippen molar-refractivity contribution in [1.82, 2.24) is 14.9 Å². The lowest BCUT2D eigenvalue weighted by atomic mass is 10.1. The van der Waals surface area contributed by atoms with Gasteiger partial charge in [-0.1, -0.05) is 30.3 Å². The first-order valence-corrected chi connectivity index (χ1v) is 11.8. The first-order valence-electron chi connectivity index (χ1n) is 10.4. The number of carbonyl (C=O) groups excluding carboxylic acids is 1. The van der Waals surface area contributed by atoms with Crippen molar-refractivity contribution in [2.75, 3.05) is 0 Å². The largest absolute Gasteiger partial charge is 0.379 e. The van der Waals surface area contributed by atoms with Gasteiger partial charge in [-0.05, 0) is 41.5 Å². The number of hydrogen-bond donors (Lipinski definition) is 1. The van der Waals surface area contributed by atoms with Gasteiger partial charge in [-0.15, -0.1) is 0 Å². The van der Waals surface area contributed by atoms with Crippen LogP contribution in [0.5, 0.6) is 5.75 Å². The van der Waals surface area contributed by atoms with E-state index in [1.165, 1.54) is 42.5 Å². The lowest BCUT2D eigenvalue weighted by molar-refractivity contribution is -0.385. The molecule has 4 rings (SSSR count). The molecule has 4 aromatic rings. The summed E-state index contributed by atoms with van der Waals surface area (Å²) in [5, 5.41) is 13.7. The Bertz CT molecular complexity index is 1450. The molecule has 35 heavy (non-hydrogen) atoms. The van der Waals surface area contributed by atoms with Crippen molar-refractivity contribution in [1.29, 1.82) is 0 Å². The van der Waals surface area contributed by atoms with Gasteiger partial charge < -0.3 is 14.1 Å².